The van der Waals surface area contributed by atoms with Gasteiger partial charge in [-0.2, -0.15) is 11.8 Å². The summed E-state index contributed by atoms with van der Waals surface area (Å²) in [5.41, 5.74) is 22.6. The first-order chi connectivity index (χ1) is 35.1. The molecule has 0 aliphatic carbocycles. The Bertz CT molecular complexity index is 1940. The molecule has 1 aliphatic rings. The van der Waals surface area contributed by atoms with Crippen LogP contribution in [0.2, 0.25) is 0 Å². The van der Waals surface area contributed by atoms with Gasteiger partial charge >= 0.3 is 11.9 Å². The zero-order chi connectivity index (χ0) is 57.1. The van der Waals surface area contributed by atoms with E-state index >= 15 is 0 Å². The lowest BCUT2D eigenvalue weighted by atomic mass is 10.0. The van der Waals surface area contributed by atoms with Gasteiger partial charge in [-0.15, -0.1) is 0 Å². The number of aliphatic hydroxyl groups excluding tert-OH is 1. The van der Waals surface area contributed by atoms with Crippen LogP contribution in [0.25, 0.3) is 0 Å². The zero-order valence-corrected chi connectivity index (χ0v) is 45.7. The predicted molar refractivity (Wildman–Crippen MR) is 282 cm³/mol. The molecule has 0 saturated carbocycles. The molecule has 0 aromatic heterocycles. The molecular weight excluding hydrogens is 999 g/mol. The van der Waals surface area contributed by atoms with E-state index in [4.69, 9.17) is 22.9 Å². The van der Waals surface area contributed by atoms with Crippen molar-refractivity contribution in [3.8, 4) is 0 Å². The molecule has 75 heavy (non-hydrogen) atoms. The number of aliphatic hydroxyl groups is 1. The topological polar surface area (TPSA) is 435 Å². The molecule has 10 atom stereocenters. The summed E-state index contributed by atoms with van der Waals surface area (Å²) in [6, 6.07) is -11.5. The lowest BCUT2D eigenvalue weighted by Gasteiger charge is -2.32. The van der Waals surface area contributed by atoms with Crippen molar-refractivity contribution in [2.45, 2.75) is 186 Å². The summed E-state index contributed by atoms with van der Waals surface area (Å²) in [7, 11) is 0. The molecule has 0 radical (unpaired) electrons. The minimum atomic E-state index is -1.55. The molecule has 428 valence electrons. The second-order valence-electron chi connectivity index (χ2n) is 20.1. The number of likely N-dealkylation sites (tertiary alicyclic amines) is 1. The maximum absolute atomic E-state index is 14.2. The second-order valence-corrected chi connectivity index (χ2v) is 21.1. The van der Waals surface area contributed by atoms with Crippen molar-refractivity contribution in [2.24, 2.45) is 45.7 Å². The number of amides is 8. The van der Waals surface area contributed by atoms with Crippen molar-refractivity contribution >= 4 is 76.9 Å². The Morgan fingerprint density at radius 2 is 1.13 bits per heavy atom. The van der Waals surface area contributed by atoms with Crippen LogP contribution in [0.1, 0.15) is 126 Å². The highest BCUT2D eigenvalue weighted by molar-refractivity contribution is 7.98. The number of hydrogen-bond donors (Lipinski definition) is 14. The Balaban J connectivity index is 3.39. The molecule has 0 bridgehead atoms. The third kappa shape index (κ3) is 25.1. The number of hydrogen-bond acceptors (Lipinski definition) is 15. The fourth-order valence-corrected chi connectivity index (χ4v) is 8.59. The van der Waals surface area contributed by atoms with Crippen molar-refractivity contribution in [1.29, 1.82) is 0 Å². The van der Waals surface area contributed by atoms with Gasteiger partial charge in [0.1, 0.15) is 48.3 Å². The lowest BCUT2D eigenvalue weighted by molar-refractivity contribution is -0.144. The van der Waals surface area contributed by atoms with E-state index in [-0.39, 0.29) is 76.0 Å². The van der Waals surface area contributed by atoms with E-state index in [1.165, 1.54) is 23.6 Å². The van der Waals surface area contributed by atoms with Gasteiger partial charge in [-0.05, 0) is 114 Å². The number of carboxylic acids is 2. The molecule has 27 heteroatoms. The molecule has 1 saturated heterocycles. The summed E-state index contributed by atoms with van der Waals surface area (Å²) in [6.07, 6.45) is 1.64. The number of nitrogens with zero attached hydrogens (tertiary/aromatic N) is 2. The van der Waals surface area contributed by atoms with Crippen molar-refractivity contribution in [2.75, 3.05) is 31.6 Å². The molecular formula is C48H87N13O13S. The number of guanidine groups is 1. The Morgan fingerprint density at radius 1 is 0.640 bits per heavy atom. The largest absolute Gasteiger partial charge is 0.481 e. The number of rotatable bonds is 36. The Morgan fingerprint density at radius 3 is 1.63 bits per heavy atom. The van der Waals surface area contributed by atoms with Crippen molar-refractivity contribution in [3.63, 3.8) is 0 Å². The number of aliphatic imine (C=N–C) groups is 1. The van der Waals surface area contributed by atoms with Crippen molar-refractivity contribution < 1.29 is 63.3 Å². The van der Waals surface area contributed by atoms with Gasteiger partial charge < -0.3 is 80.4 Å². The summed E-state index contributed by atoms with van der Waals surface area (Å²) in [4.78, 5) is 139. The first kappa shape index (κ1) is 67.2. The van der Waals surface area contributed by atoms with Gasteiger partial charge in [0.25, 0.3) is 0 Å². The van der Waals surface area contributed by atoms with Crippen LogP contribution in [0.15, 0.2) is 4.99 Å². The van der Waals surface area contributed by atoms with Crippen LogP contribution in [-0.4, -0.2) is 177 Å². The quantitative estimate of drug-likeness (QED) is 0.0178. The molecule has 8 amide bonds. The molecule has 26 nitrogen and oxygen atoms in total. The van der Waals surface area contributed by atoms with Gasteiger partial charge in [0, 0.05) is 19.5 Å². The van der Waals surface area contributed by atoms with Crippen LogP contribution in [0.5, 0.6) is 0 Å². The number of carbonyl (C=O) groups is 10. The summed E-state index contributed by atoms with van der Waals surface area (Å²) in [6.45, 7) is 12.2. The normalized spacial score (nSPS) is 17.0. The van der Waals surface area contributed by atoms with Crippen LogP contribution in [-0.2, 0) is 47.9 Å². The monoisotopic (exact) mass is 1090 g/mol. The van der Waals surface area contributed by atoms with Crippen LogP contribution < -0.4 is 60.2 Å². The highest BCUT2D eigenvalue weighted by Crippen LogP contribution is 2.21. The van der Waals surface area contributed by atoms with Gasteiger partial charge in [0.15, 0.2) is 5.96 Å². The number of nitrogens with one attached hydrogen (secondary N) is 7. The first-order valence-corrected chi connectivity index (χ1v) is 27.1. The van der Waals surface area contributed by atoms with Gasteiger partial charge in [-0.3, -0.25) is 48.1 Å². The van der Waals surface area contributed by atoms with E-state index in [1.807, 2.05) is 13.8 Å². The number of carboxylic acid groups (broad SMARTS) is 2. The van der Waals surface area contributed by atoms with Gasteiger partial charge in [0.2, 0.25) is 47.3 Å². The zero-order valence-electron chi connectivity index (χ0n) is 44.9. The van der Waals surface area contributed by atoms with Gasteiger partial charge in [-0.25, -0.2) is 4.79 Å². The van der Waals surface area contributed by atoms with Gasteiger partial charge in [0.05, 0.1) is 12.1 Å². The molecule has 0 spiro atoms. The summed E-state index contributed by atoms with van der Waals surface area (Å²) < 4.78 is 0. The van der Waals surface area contributed by atoms with E-state index in [0.29, 0.717) is 31.4 Å². The summed E-state index contributed by atoms with van der Waals surface area (Å²) in [5.74, 6) is -9.45. The summed E-state index contributed by atoms with van der Waals surface area (Å²) in [5, 5.41) is 48.0. The SMILES string of the molecule is CSCC[C@H](NC(=O)[C@H](CC(C)C)NC(=O)[C@H](CCCCN)NC(=O)[C@@H]1CCCN1C(=O)[C@@H](NC(=O)[C@H](CC(C)C)NC(=O)[C@@H](N)CCCN=C(N)N)[C@@H](C)O)C(=O)N[C@@H](CCC(=O)O)C(=O)N[C@H](C(=O)O)C(C)C. The smallest absolute Gasteiger partial charge is 0.326 e. The number of unbranched alkanes of at least 4 members (excludes halogenated alkanes) is 1. The standard InChI is InChI=1S/C48H87N13O13S/c1-25(2)23-33(43(69)55-32(18-22-75-8)41(67)54-31(16-17-36(63)64)42(68)59-37(27(5)6)47(73)74)58-40(66)30(14-9-10-19-49)56-45(71)35-15-12-21-61(35)46(72)38(28(7)62)60-44(70)34(24-26(3)4)57-39(65)29(50)13-11-20-53-48(51)52/h25-35,37-38,62H,9-24,49-50H2,1-8H3,(H,54,67)(H,55,69)(H,56,71)(H,57,65)(H,58,66)(H,59,68)(H,60,70)(H,63,64)(H,73,74)(H4,51,52,53)/t28-,29+,30+,31+,32+,33+,34+,35+,37+,38+/m1/s1. The third-order valence-corrected chi connectivity index (χ3v) is 12.8. The number of nitrogens with two attached hydrogens (primary N) is 4. The van der Waals surface area contributed by atoms with E-state index in [1.54, 1.807) is 34.0 Å². The van der Waals surface area contributed by atoms with E-state index in [2.05, 4.69) is 42.2 Å². The Kier molecular flexibility index (Phi) is 31.1. The maximum atomic E-state index is 14.2. The molecule has 0 unspecified atom stereocenters. The highest BCUT2D eigenvalue weighted by Gasteiger charge is 2.42. The third-order valence-electron chi connectivity index (χ3n) is 12.2. The number of thioether (sulfide) groups is 1. The average Bonchev–Trinajstić information content (AvgIpc) is 3.82. The molecule has 1 fully saturated rings. The minimum absolute atomic E-state index is 0.0412. The van der Waals surface area contributed by atoms with E-state index < -0.39 is 138 Å². The minimum Gasteiger partial charge on any atom is -0.481 e. The molecule has 1 rings (SSSR count). The molecule has 18 N–H and O–H groups in total. The Hall–Kier alpha value is -5.80. The van der Waals surface area contributed by atoms with Crippen LogP contribution >= 0.6 is 11.8 Å². The van der Waals surface area contributed by atoms with Crippen molar-refractivity contribution in [1.82, 2.24) is 42.1 Å². The Labute approximate surface area is 444 Å². The first-order valence-electron chi connectivity index (χ1n) is 25.7. The highest BCUT2D eigenvalue weighted by atomic mass is 32.2. The second kappa shape index (κ2) is 34.7. The van der Waals surface area contributed by atoms with Gasteiger partial charge in [-0.1, -0.05) is 41.5 Å². The van der Waals surface area contributed by atoms with Crippen LogP contribution in [0, 0.1) is 17.8 Å². The molecule has 1 aliphatic heterocycles. The number of aliphatic carboxylic acids is 2. The number of carbonyl (C=O) groups excluding carboxylic acids is 8. The van der Waals surface area contributed by atoms with Crippen LogP contribution in [0.3, 0.4) is 0 Å². The predicted octanol–water partition coefficient (Wildman–Crippen LogP) is -2.29. The average molecular weight is 1090 g/mol. The van der Waals surface area contributed by atoms with Crippen molar-refractivity contribution in [3.05, 3.63) is 0 Å². The molecule has 0 aromatic carbocycles. The summed E-state index contributed by atoms with van der Waals surface area (Å²) >= 11 is 1.35. The van der Waals surface area contributed by atoms with E-state index in [9.17, 15) is 63.3 Å². The lowest BCUT2D eigenvalue weighted by Crippen LogP contribution is -2.61. The molecule has 1 heterocycles. The fourth-order valence-electron chi connectivity index (χ4n) is 8.11. The maximum Gasteiger partial charge on any atom is 0.326 e. The van der Waals surface area contributed by atoms with E-state index in [0.717, 1.165) is 0 Å². The van der Waals surface area contributed by atoms with Crippen LogP contribution in [0.4, 0.5) is 0 Å². The molecule has 0 aromatic rings. The fraction of sp³-hybridized carbons (Fsp3) is 0.771.